The van der Waals surface area contributed by atoms with Gasteiger partial charge in [-0.3, -0.25) is 0 Å². The number of hydrogen-bond donors (Lipinski definition) is 2. The average Bonchev–Trinajstić information content (AvgIpc) is 2.55. The van der Waals surface area contributed by atoms with Gasteiger partial charge in [-0.05, 0) is 38.3 Å². The first-order valence-electron chi connectivity index (χ1n) is 7.57. The predicted octanol–water partition coefficient (Wildman–Crippen LogP) is 4.19. The van der Waals surface area contributed by atoms with Crippen molar-refractivity contribution in [3.8, 4) is 0 Å². The zero-order chi connectivity index (χ0) is 18.2. The number of carbonyl (C=O) groups is 1. The summed E-state index contributed by atoms with van der Waals surface area (Å²) in [4.78, 5) is 8.90. The first-order valence-corrected chi connectivity index (χ1v) is 7.57. The van der Waals surface area contributed by atoms with Crippen LogP contribution in [0.4, 0.5) is 22.0 Å². The molecule has 0 bridgehead atoms. The fourth-order valence-electron chi connectivity index (χ4n) is 2.38. The fourth-order valence-corrected chi connectivity index (χ4v) is 2.38. The number of nitrogens with one attached hydrogen (secondary N) is 1. The minimum Gasteiger partial charge on any atom is -0.475 e. The molecule has 2 N–H and O–H groups in total. The molecule has 0 saturated carbocycles. The molecule has 1 aliphatic heterocycles. The van der Waals surface area contributed by atoms with E-state index in [0.717, 1.165) is 25.9 Å². The maximum Gasteiger partial charge on any atom is 0.490 e. The van der Waals surface area contributed by atoms with Gasteiger partial charge in [-0.25, -0.2) is 13.6 Å². The summed E-state index contributed by atoms with van der Waals surface area (Å²) >= 11 is 0. The molecule has 8 heteroatoms. The number of carboxylic acids is 1. The molecule has 136 valence electrons. The smallest absolute Gasteiger partial charge is 0.475 e. The Labute approximate surface area is 136 Å². The number of aliphatic carboxylic acids is 1. The van der Waals surface area contributed by atoms with Crippen molar-refractivity contribution in [2.24, 2.45) is 5.92 Å². The van der Waals surface area contributed by atoms with Crippen molar-refractivity contribution in [2.45, 2.75) is 37.8 Å². The number of alkyl halides is 5. The highest BCUT2D eigenvalue weighted by Gasteiger charge is 2.38. The second kappa shape index (κ2) is 8.96. The van der Waals surface area contributed by atoms with E-state index in [1.54, 1.807) is 18.2 Å². The summed E-state index contributed by atoms with van der Waals surface area (Å²) in [7, 11) is 0. The van der Waals surface area contributed by atoms with Crippen molar-refractivity contribution in [1.82, 2.24) is 5.32 Å². The third-order valence-corrected chi connectivity index (χ3v) is 3.76. The summed E-state index contributed by atoms with van der Waals surface area (Å²) in [5.41, 5.74) is 0.147. The Morgan fingerprint density at radius 1 is 1.08 bits per heavy atom. The molecule has 0 aliphatic carbocycles. The third kappa shape index (κ3) is 7.25. The van der Waals surface area contributed by atoms with Crippen LogP contribution in [-0.2, 0) is 10.7 Å². The Hall–Kier alpha value is -1.70. The van der Waals surface area contributed by atoms with E-state index >= 15 is 0 Å². The molecule has 1 aromatic carbocycles. The summed E-state index contributed by atoms with van der Waals surface area (Å²) in [6, 6.07) is 8.15. The monoisotopic (exact) mass is 353 g/mol. The second-order valence-corrected chi connectivity index (χ2v) is 5.61. The maximum absolute atomic E-state index is 13.9. The van der Waals surface area contributed by atoms with Gasteiger partial charge >= 0.3 is 12.1 Å². The Balaban J connectivity index is 0.000000351. The van der Waals surface area contributed by atoms with Gasteiger partial charge in [0.15, 0.2) is 0 Å². The van der Waals surface area contributed by atoms with Gasteiger partial charge < -0.3 is 10.4 Å². The van der Waals surface area contributed by atoms with Crippen LogP contribution < -0.4 is 5.32 Å². The lowest BCUT2D eigenvalue weighted by Gasteiger charge is -2.25. The van der Waals surface area contributed by atoms with Crippen molar-refractivity contribution >= 4 is 5.97 Å². The number of carboxylic acid groups (broad SMARTS) is 1. The topological polar surface area (TPSA) is 49.3 Å². The van der Waals surface area contributed by atoms with Crippen molar-refractivity contribution < 1.29 is 31.9 Å². The van der Waals surface area contributed by atoms with E-state index in [1.807, 2.05) is 0 Å². The number of piperidine rings is 1. The zero-order valence-corrected chi connectivity index (χ0v) is 13.0. The van der Waals surface area contributed by atoms with Crippen LogP contribution in [0.1, 0.15) is 31.2 Å². The molecule has 3 nitrogen and oxygen atoms in total. The van der Waals surface area contributed by atoms with Crippen LogP contribution in [0.5, 0.6) is 0 Å². The van der Waals surface area contributed by atoms with Crippen LogP contribution in [0.3, 0.4) is 0 Å². The van der Waals surface area contributed by atoms with E-state index in [9.17, 15) is 22.0 Å². The quantitative estimate of drug-likeness (QED) is 0.798. The molecule has 1 saturated heterocycles. The lowest BCUT2D eigenvalue weighted by molar-refractivity contribution is -0.192. The molecule has 0 spiro atoms. The van der Waals surface area contributed by atoms with Crippen molar-refractivity contribution in [3.05, 3.63) is 35.9 Å². The third-order valence-electron chi connectivity index (χ3n) is 3.76. The Kier molecular flexibility index (Phi) is 7.59. The molecule has 0 amide bonds. The summed E-state index contributed by atoms with van der Waals surface area (Å²) < 4.78 is 59.5. The number of rotatable bonds is 4. The standard InChI is InChI=1S/C14H19F2N.C2HF3O2/c15-14(16,13-4-2-1-3-5-13)9-6-12-7-10-17-11-8-12;3-2(4,5)1(6)7/h1-5,12,17H,6-11H2;(H,6,7). The first-order chi connectivity index (χ1) is 11.1. The van der Waals surface area contributed by atoms with Gasteiger partial charge in [-0.2, -0.15) is 13.2 Å². The summed E-state index contributed by atoms with van der Waals surface area (Å²) in [6.07, 6.45) is -2.42. The number of hydrogen-bond acceptors (Lipinski definition) is 2. The molecule has 0 radical (unpaired) electrons. The molecule has 0 atom stereocenters. The van der Waals surface area contributed by atoms with Crippen LogP contribution in [0.2, 0.25) is 0 Å². The maximum atomic E-state index is 13.9. The highest BCUT2D eigenvalue weighted by molar-refractivity contribution is 5.73. The Bertz CT molecular complexity index is 499. The van der Waals surface area contributed by atoms with E-state index in [-0.39, 0.29) is 12.0 Å². The predicted molar refractivity (Wildman–Crippen MR) is 78.9 cm³/mol. The summed E-state index contributed by atoms with van der Waals surface area (Å²) in [5.74, 6) is -4.97. The molecule has 2 rings (SSSR count). The fraction of sp³-hybridized carbons (Fsp3) is 0.562. The number of halogens is 5. The van der Waals surface area contributed by atoms with Crippen LogP contribution in [0, 0.1) is 5.92 Å². The van der Waals surface area contributed by atoms with Gasteiger partial charge in [-0.1, -0.05) is 30.3 Å². The van der Waals surface area contributed by atoms with Gasteiger partial charge in [0.05, 0.1) is 0 Å². The SMILES string of the molecule is FC(F)(CCC1CCNCC1)c1ccccc1.O=C(O)C(F)(F)F. The minimum absolute atomic E-state index is 0.0261. The highest BCUT2D eigenvalue weighted by atomic mass is 19.4. The molecule has 1 aromatic rings. The normalized spacial score (nSPS) is 16.2. The zero-order valence-electron chi connectivity index (χ0n) is 13.0. The van der Waals surface area contributed by atoms with Crippen LogP contribution in [-0.4, -0.2) is 30.3 Å². The van der Waals surface area contributed by atoms with Crippen LogP contribution in [0.15, 0.2) is 30.3 Å². The van der Waals surface area contributed by atoms with Gasteiger partial charge in [0.25, 0.3) is 5.92 Å². The molecule has 1 aliphatic rings. The van der Waals surface area contributed by atoms with E-state index in [2.05, 4.69) is 5.32 Å². The molecular formula is C16H20F5NO2. The average molecular weight is 353 g/mol. The van der Waals surface area contributed by atoms with Gasteiger partial charge in [0.1, 0.15) is 0 Å². The van der Waals surface area contributed by atoms with E-state index in [0.29, 0.717) is 12.3 Å². The second-order valence-electron chi connectivity index (χ2n) is 5.61. The molecule has 24 heavy (non-hydrogen) atoms. The van der Waals surface area contributed by atoms with E-state index < -0.39 is 18.1 Å². The highest BCUT2D eigenvalue weighted by Crippen LogP contribution is 2.35. The molecule has 1 heterocycles. The van der Waals surface area contributed by atoms with Crippen LogP contribution >= 0.6 is 0 Å². The van der Waals surface area contributed by atoms with Crippen LogP contribution in [0.25, 0.3) is 0 Å². The minimum atomic E-state index is -5.08. The largest absolute Gasteiger partial charge is 0.490 e. The molecular weight excluding hydrogens is 333 g/mol. The molecule has 1 fully saturated rings. The molecule has 0 unspecified atom stereocenters. The lowest BCUT2D eigenvalue weighted by Crippen LogP contribution is -2.28. The van der Waals surface area contributed by atoms with Gasteiger partial charge in [0, 0.05) is 12.0 Å². The number of benzene rings is 1. The molecule has 0 aromatic heterocycles. The van der Waals surface area contributed by atoms with Crippen molar-refractivity contribution in [3.63, 3.8) is 0 Å². The van der Waals surface area contributed by atoms with Gasteiger partial charge in [-0.15, -0.1) is 0 Å². The van der Waals surface area contributed by atoms with Crippen molar-refractivity contribution in [2.75, 3.05) is 13.1 Å². The summed E-state index contributed by atoms with van der Waals surface area (Å²) in [6.45, 7) is 1.95. The Morgan fingerprint density at radius 2 is 1.58 bits per heavy atom. The van der Waals surface area contributed by atoms with E-state index in [4.69, 9.17) is 9.90 Å². The lowest BCUT2D eigenvalue weighted by atomic mass is 9.90. The van der Waals surface area contributed by atoms with Crippen molar-refractivity contribution in [1.29, 1.82) is 0 Å². The first kappa shape index (κ1) is 20.3. The summed E-state index contributed by atoms with van der Waals surface area (Å²) in [5, 5.41) is 10.4. The van der Waals surface area contributed by atoms with E-state index in [1.165, 1.54) is 12.1 Å². The Morgan fingerprint density at radius 3 is 2.04 bits per heavy atom. The van der Waals surface area contributed by atoms with Gasteiger partial charge in [0.2, 0.25) is 0 Å².